The summed E-state index contributed by atoms with van der Waals surface area (Å²) in [5.41, 5.74) is 5.86. The molecule has 2 nitrogen and oxygen atoms in total. The monoisotopic (exact) mass is 410 g/mol. The molecular weight excluding hydrogens is 392 g/mol. The number of hydrogen-bond donors (Lipinski definition) is 0. The normalized spacial score (nSPS) is 11.4. The topological polar surface area (TPSA) is 34.1 Å². The summed E-state index contributed by atoms with van der Waals surface area (Å²) in [5.74, 6) is 0. The van der Waals surface area contributed by atoms with Crippen LogP contribution < -0.4 is 0 Å². The summed E-state index contributed by atoms with van der Waals surface area (Å²) in [6, 6.07) is 32.9. The fourth-order valence-electron chi connectivity index (χ4n) is 4.79. The first kappa shape index (κ1) is 18.5. The van der Waals surface area contributed by atoms with Gasteiger partial charge in [0.25, 0.3) is 0 Å². The van der Waals surface area contributed by atoms with Crippen molar-refractivity contribution in [3.63, 3.8) is 0 Å². The minimum Gasteiger partial charge on any atom is -0.298 e. The smallest absolute Gasteiger partial charge is 0.150 e. The van der Waals surface area contributed by atoms with E-state index < -0.39 is 0 Å². The first-order valence-corrected chi connectivity index (χ1v) is 10.6. The Balaban J connectivity index is 1.65. The zero-order chi connectivity index (χ0) is 21.7. The summed E-state index contributed by atoms with van der Waals surface area (Å²) < 4.78 is 0. The lowest BCUT2D eigenvalue weighted by molar-refractivity contribution is 0.111. The fraction of sp³-hybridized carbons (Fsp3) is 0. The van der Waals surface area contributed by atoms with Crippen LogP contribution in [0.5, 0.6) is 0 Å². The van der Waals surface area contributed by atoms with Gasteiger partial charge in [-0.05, 0) is 54.6 Å². The Hall–Kier alpha value is -4.30. The third-order valence-electron chi connectivity index (χ3n) is 6.38. The fourth-order valence-corrected chi connectivity index (χ4v) is 4.79. The predicted octanol–water partition coefficient (Wildman–Crippen LogP) is 7.54. The highest BCUT2D eigenvalue weighted by Gasteiger charge is 2.14. The second-order valence-corrected chi connectivity index (χ2v) is 8.13. The van der Waals surface area contributed by atoms with Gasteiger partial charge < -0.3 is 0 Å². The van der Waals surface area contributed by atoms with Crippen LogP contribution in [0, 0.1) is 0 Å². The molecule has 0 N–H and O–H groups in total. The summed E-state index contributed by atoms with van der Waals surface area (Å²) in [6.45, 7) is 0. The van der Waals surface area contributed by atoms with Crippen molar-refractivity contribution in [2.24, 2.45) is 0 Å². The molecule has 150 valence electrons. The van der Waals surface area contributed by atoms with E-state index in [4.69, 9.17) is 0 Å². The van der Waals surface area contributed by atoms with E-state index in [-0.39, 0.29) is 0 Å². The van der Waals surface area contributed by atoms with Gasteiger partial charge >= 0.3 is 0 Å². The van der Waals surface area contributed by atoms with Crippen molar-refractivity contribution in [3.05, 3.63) is 108 Å². The second kappa shape index (κ2) is 7.14. The van der Waals surface area contributed by atoms with Crippen molar-refractivity contribution in [2.75, 3.05) is 0 Å². The minimum atomic E-state index is 0.678. The van der Waals surface area contributed by atoms with Crippen molar-refractivity contribution < 1.29 is 9.59 Å². The Bertz CT molecular complexity index is 1500. The molecule has 0 aromatic heterocycles. The van der Waals surface area contributed by atoms with E-state index in [1.165, 1.54) is 32.3 Å². The average Bonchev–Trinajstić information content (AvgIpc) is 2.87. The Kier molecular flexibility index (Phi) is 4.12. The molecule has 0 amide bonds. The van der Waals surface area contributed by atoms with Crippen molar-refractivity contribution >= 4 is 44.9 Å². The quantitative estimate of drug-likeness (QED) is 0.222. The third-order valence-corrected chi connectivity index (χ3v) is 6.38. The predicted molar refractivity (Wildman–Crippen MR) is 132 cm³/mol. The number of carbonyl (C=O) groups is 2. The molecule has 0 aliphatic carbocycles. The van der Waals surface area contributed by atoms with Gasteiger partial charge in [0.05, 0.1) is 0 Å². The molecule has 6 aromatic carbocycles. The molecular formula is C30H18O2. The van der Waals surface area contributed by atoms with Gasteiger partial charge in [-0.25, -0.2) is 0 Å². The highest BCUT2D eigenvalue weighted by Crippen LogP contribution is 2.42. The molecule has 0 saturated carbocycles. The number of carbonyl (C=O) groups excluding carboxylic acids is 2. The van der Waals surface area contributed by atoms with Gasteiger partial charge in [0.1, 0.15) is 12.6 Å². The van der Waals surface area contributed by atoms with Crippen LogP contribution in [0.3, 0.4) is 0 Å². The maximum Gasteiger partial charge on any atom is 0.150 e. The van der Waals surface area contributed by atoms with Crippen LogP contribution in [-0.2, 0) is 0 Å². The lowest BCUT2D eigenvalue weighted by Crippen LogP contribution is -1.90. The van der Waals surface area contributed by atoms with E-state index in [0.717, 1.165) is 34.8 Å². The van der Waals surface area contributed by atoms with Gasteiger partial charge in [-0.15, -0.1) is 0 Å². The lowest BCUT2D eigenvalue weighted by atomic mass is 9.87. The van der Waals surface area contributed by atoms with Gasteiger partial charge in [0.2, 0.25) is 0 Å². The molecule has 0 spiro atoms. The van der Waals surface area contributed by atoms with Gasteiger partial charge in [0, 0.05) is 11.1 Å². The Labute approximate surface area is 185 Å². The third kappa shape index (κ3) is 2.74. The van der Waals surface area contributed by atoms with E-state index in [1.54, 1.807) is 0 Å². The zero-order valence-corrected chi connectivity index (χ0v) is 17.2. The Morgan fingerprint density at radius 1 is 0.406 bits per heavy atom. The number of aldehydes is 2. The number of rotatable bonds is 4. The second-order valence-electron chi connectivity index (χ2n) is 8.13. The Morgan fingerprint density at radius 2 is 0.781 bits per heavy atom. The zero-order valence-electron chi connectivity index (χ0n) is 17.2. The molecule has 0 unspecified atom stereocenters. The molecule has 0 aliphatic heterocycles. The molecule has 0 aliphatic rings. The van der Waals surface area contributed by atoms with E-state index in [2.05, 4.69) is 48.5 Å². The molecule has 6 aromatic rings. The average molecular weight is 410 g/mol. The maximum atomic E-state index is 11.1. The highest BCUT2D eigenvalue weighted by atomic mass is 16.1. The van der Waals surface area contributed by atoms with E-state index >= 15 is 0 Å². The van der Waals surface area contributed by atoms with Crippen LogP contribution in [0.4, 0.5) is 0 Å². The summed E-state index contributed by atoms with van der Waals surface area (Å²) in [6.07, 6.45) is 1.74. The maximum absolute atomic E-state index is 11.1. The van der Waals surface area contributed by atoms with E-state index in [0.29, 0.717) is 11.1 Å². The first-order valence-electron chi connectivity index (χ1n) is 10.6. The van der Waals surface area contributed by atoms with Crippen LogP contribution in [0.15, 0.2) is 97.1 Å². The summed E-state index contributed by atoms with van der Waals surface area (Å²) >= 11 is 0. The van der Waals surface area contributed by atoms with Crippen LogP contribution in [0.1, 0.15) is 20.7 Å². The molecule has 0 saturated heterocycles. The van der Waals surface area contributed by atoms with Crippen molar-refractivity contribution in [3.8, 4) is 22.3 Å². The van der Waals surface area contributed by atoms with Gasteiger partial charge in [-0.1, -0.05) is 97.1 Å². The Morgan fingerprint density at radius 3 is 1.16 bits per heavy atom. The SMILES string of the molecule is O=Cc1ccc(-c2ccc3ccc4c(-c5ccc(C=O)cc5)ccc5ccc2c3c54)cc1. The highest BCUT2D eigenvalue weighted by molar-refractivity contribution is 6.27. The largest absolute Gasteiger partial charge is 0.298 e. The first-order chi connectivity index (χ1) is 15.8. The van der Waals surface area contributed by atoms with Crippen LogP contribution in [-0.4, -0.2) is 12.6 Å². The lowest BCUT2D eigenvalue weighted by Gasteiger charge is -2.16. The molecule has 0 fully saturated rings. The molecule has 0 bridgehead atoms. The summed E-state index contributed by atoms with van der Waals surface area (Å²) in [4.78, 5) is 22.1. The molecule has 6 rings (SSSR count). The molecule has 0 atom stereocenters. The van der Waals surface area contributed by atoms with Crippen LogP contribution >= 0.6 is 0 Å². The summed E-state index contributed by atoms with van der Waals surface area (Å²) in [7, 11) is 0. The van der Waals surface area contributed by atoms with Gasteiger partial charge in [0.15, 0.2) is 0 Å². The molecule has 0 heterocycles. The number of hydrogen-bond acceptors (Lipinski definition) is 2. The molecule has 2 heteroatoms. The van der Waals surface area contributed by atoms with Crippen LogP contribution in [0.25, 0.3) is 54.6 Å². The number of benzene rings is 6. The summed E-state index contributed by atoms with van der Waals surface area (Å²) in [5, 5.41) is 7.33. The van der Waals surface area contributed by atoms with Crippen molar-refractivity contribution in [2.45, 2.75) is 0 Å². The van der Waals surface area contributed by atoms with Gasteiger partial charge in [-0.2, -0.15) is 0 Å². The van der Waals surface area contributed by atoms with Crippen molar-refractivity contribution in [1.29, 1.82) is 0 Å². The van der Waals surface area contributed by atoms with Crippen molar-refractivity contribution in [1.82, 2.24) is 0 Å². The van der Waals surface area contributed by atoms with Gasteiger partial charge in [-0.3, -0.25) is 9.59 Å². The van der Waals surface area contributed by atoms with E-state index in [1.807, 2.05) is 48.5 Å². The van der Waals surface area contributed by atoms with E-state index in [9.17, 15) is 9.59 Å². The molecule has 32 heavy (non-hydrogen) atoms. The minimum absolute atomic E-state index is 0.678. The molecule has 0 radical (unpaired) electrons. The van der Waals surface area contributed by atoms with Crippen LogP contribution in [0.2, 0.25) is 0 Å². The standard InChI is InChI=1S/C30H18O2/c31-17-19-1-5-21(6-2-19)25-13-9-23-12-16-28-26(22-7-3-20(18-32)4-8-22)14-10-24-11-15-27(25)29(23)30(24)28/h1-18H.